The van der Waals surface area contributed by atoms with Gasteiger partial charge in [-0.15, -0.1) is 0 Å². The zero-order chi connectivity index (χ0) is 11.4. The lowest BCUT2D eigenvalue weighted by Gasteiger charge is -2.17. The fraction of sp³-hybridized carbons (Fsp3) is 0.800. The Morgan fingerprint density at radius 1 is 1.67 bits per heavy atom. The predicted molar refractivity (Wildman–Crippen MR) is 61.8 cm³/mol. The Balaban J connectivity index is 0.000000583. The van der Waals surface area contributed by atoms with Crippen molar-refractivity contribution >= 4 is 0 Å². The largest absolute Gasteiger partial charge is 0.373 e. The van der Waals surface area contributed by atoms with Crippen LogP contribution < -0.4 is 11.1 Å². The van der Waals surface area contributed by atoms with Gasteiger partial charge in [0.25, 0.3) is 0 Å². The van der Waals surface area contributed by atoms with Gasteiger partial charge in [-0.3, -0.25) is 0 Å². The monoisotopic (exact) mass is 215 g/mol. The maximum Gasteiger partial charge on any atom is 0.0880 e. The number of hydrogen-bond acceptors (Lipinski definition) is 5. The van der Waals surface area contributed by atoms with Gasteiger partial charge in [0.15, 0.2) is 0 Å². The molecule has 5 heteroatoms. The van der Waals surface area contributed by atoms with Crippen LogP contribution in [-0.4, -0.2) is 39.4 Å². The van der Waals surface area contributed by atoms with Gasteiger partial charge in [0.2, 0.25) is 0 Å². The van der Waals surface area contributed by atoms with E-state index in [9.17, 15) is 0 Å². The van der Waals surface area contributed by atoms with E-state index in [1.165, 1.54) is 7.05 Å². The minimum Gasteiger partial charge on any atom is -0.373 e. The van der Waals surface area contributed by atoms with Crippen LogP contribution in [0.1, 0.15) is 12.8 Å². The zero-order valence-corrected chi connectivity index (χ0v) is 9.32. The second-order valence-electron chi connectivity index (χ2n) is 3.15. The van der Waals surface area contributed by atoms with E-state index in [-0.39, 0.29) is 6.10 Å². The lowest BCUT2D eigenvalue weighted by molar-refractivity contribution is 0.0798. The Labute approximate surface area is 91.0 Å². The van der Waals surface area contributed by atoms with Crippen molar-refractivity contribution in [1.82, 2.24) is 5.32 Å². The first-order valence-electron chi connectivity index (χ1n) is 5.25. The molecule has 5 nitrogen and oxygen atoms in total. The number of ether oxygens (including phenoxy) is 1. The molecular weight excluding hydrogens is 194 g/mol. The van der Waals surface area contributed by atoms with Crippen molar-refractivity contribution < 1.29 is 4.74 Å². The second-order valence-corrected chi connectivity index (χ2v) is 3.15. The molecule has 1 heterocycles. The molecule has 1 aliphatic heterocycles. The molecule has 15 heavy (non-hydrogen) atoms. The molecule has 0 aromatic heterocycles. The number of nitrogens with one attached hydrogen (secondary N) is 1. The van der Waals surface area contributed by atoms with Crippen LogP contribution in [0.2, 0.25) is 0 Å². The summed E-state index contributed by atoms with van der Waals surface area (Å²) in [6.45, 7) is 3.52. The third kappa shape index (κ3) is 9.52. The van der Waals surface area contributed by atoms with Crippen LogP contribution in [0, 0.1) is 4.91 Å². The van der Waals surface area contributed by atoms with Gasteiger partial charge in [-0.25, -0.2) is 0 Å². The third-order valence-electron chi connectivity index (χ3n) is 1.87. The van der Waals surface area contributed by atoms with Gasteiger partial charge in [0.1, 0.15) is 0 Å². The van der Waals surface area contributed by atoms with Crippen molar-refractivity contribution in [2.75, 3.05) is 33.3 Å². The molecular formula is C10H21N3O2. The van der Waals surface area contributed by atoms with Crippen LogP contribution in [0.15, 0.2) is 17.3 Å². The van der Waals surface area contributed by atoms with E-state index < -0.39 is 0 Å². The highest BCUT2D eigenvalue weighted by atomic mass is 16.5. The standard InChI is InChI=1S/C9H18N2O.CH3NO/c10-5-3-6-11-8-9-4-1-2-7-12-9;1-2-3/h1,4,9,11H,2-3,5-8,10H2;1H3. The summed E-state index contributed by atoms with van der Waals surface area (Å²) >= 11 is 0. The summed E-state index contributed by atoms with van der Waals surface area (Å²) in [5.41, 5.74) is 5.36. The number of nitrogens with two attached hydrogens (primary N) is 1. The minimum absolute atomic E-state index is 0.275. The SMILES string of the molecule is CN=O.NCCCNCC1C=CCCO1. The van der Waals surface area contributed by atoms with E-state index in [0.29, 0.717) is 0 Å². The molecule has 1 atom stereocenters. The van der Waals surface area contributed by atoms with E-state index in [2.05, 4.69) is 22.6 Å². The molecule has 0 fully saturated rings. The summed E-state index contributed by atoms with van der Waals surface area (Å²) in [6.07, 6.45) is 6.67. The first-order valence-corrected chi connectivity index (χ1v) is 5.25. The first kappa shape index (κ1) is 14.2. The van der Waals surface area contributed by atoms with Crippen molar-refractivity contribution in [3.05, 3.63) is 17.1 Å². The Kier molecular flexibility index (Phi) is 10.7. The van der Waals surface area contributed by atoms with Gasteiger partial charge < -0.3 is 15.8 Å². The molecule has 0 radical (unpaired) electrons. The highest BCUT2D eigenvalue weighted by Crippen LogP contribution is 2.02. The highest BCUT2D eigenvalue weighted by molar-refractivity contribution is 4.93. The molecule has 88 valence electrons. The molecule has 0 aromatic rings. The maximum atomic E-state index is 8.56. The molecule has 1 aliphatic rings. The van der Waals surface area contributed by atoms with E-state index >= 15 is 0 Å². The summed E-state index contributed by atoms with van der Waals surface area (Å²) in [5, 5.41) is 5.55. The van der Waals surface area contributed by atoms with Crippen molar-refractivity contribution in [2.24, 2.45) is 10.9 Å². The minimum atomic E-state index is 0.275. The summed E-state index contributed by atoms with van der Waals surface area (Å²) in [6, 6.07) is 0. The normalized spacial score (nSPS) is 19.2. The molecule has 0 spiro atoms. The molecule has 0 aromatic carbocycles. The van der Waals surface area contributed by atoms with Gasteiger partial charge in [0, 0.05) is 6.54 Å². The molecule has 0 amide bonds. The summed E-state index contributed by atoms with van der Waals surface area (Å²) in [7, 11) is 1.19. The Hall–Kier alpha value is -0.780. The van der Waals surface area contributed by atoms with Crippen LogP contribution in [0.3, 0.4) is 0 Å². The predicted octanol–water partition coefficient (Wildman–Crippen LogP) is 0.652. The smallest absolute Gasteiger partial charge is 0.0880 e. The van der Waals surface area contributed by atoms with Gasteiger partial charge in [-0.05, 0) is 25.9 Å². The topological polar surface area (TPSA) is 76.7 Å². The Morgan fingerprint density at radius 2 is 2.40 bits per heavy atom. The van der Waals surface area contributed by atoms with E-state index in [0.717, 1.165) is 39.1 Å². The number of nitroso groups, excluding NO2 is 1. The van der Waals surface area contributed by atoms with Gasteiger partial charge in [-0.1, -0.05) is 17.3 Å². The molecule has 1 unspecified atom stereocenters. The molecule has 3 N–H and O–H groups in total. The van der Waals surface area contributed by atoms with E-state index in [1.54, 1.807) is 0 Å². The van der Waals surface area contributed by atoms with E-state index in [4.69, 9.17) is 15.4 Å². The fourth-order valence-electron chi connectivity index (χ4n) is 1.19. The molecule has 0 aliphatic carbocycles. The zero-order valence-electron chi connectivity index (χ0n) is 9.32. The molecule has 0 saturated heterocycles. The fourth-order valence-corrected chi connectivity index (χ4v) is 1.19. The third-order valence-corrected chi connectivity index (χ3v) is 1.87. The molecule has 0 saturated carbocycles. The van der Waals surface area contributed by atoms with Crippen LogP contribution in [0.4, 0.5) is 0 Å². The van der Waals surface area contributed by atoms with E-state index in [1.807, 2.05) is 0 Å². The van der Waals surface area contributed by atoms with Gasteiger partial charge in [-0.2, -0.15) is 4.91 Å². The van der Waals surface area contributed by atoms with Crippen LogP contribution in [-0.2, 0) is 4.74 Å². The average Bonchev–Trinajstić information content (AvgIpc) is 2.27. The second kappa shape index (κ2) is 11.3. The van der Waals surface area contributed by atoms with Crippen LogP contribution in [0.5, 0.6) is 0 Å². The van der Waals surface area contributed by atoms with Gasteiger partial charge in [0.05, 0.1) is 19.8 Å². The molecule has 0 bridgehead atoms. The van der Waals surface area contributed by atoms with Gasteiger partial charge >= 0.3 is 0 Å². The summed E-state index contributed by atoms with van der Waals surface area (Å²) < 4.78 is 5.48. The highest BCUT2D eigenvalue weighted by Gasteiger charge is 2.06. The van der Waals surface area contributed by atoms with Crippen molar-refractivity contribution in [3.63, 3.8) is 0 Å². The number of rotatable bonds is 5. The maximum absolute atomic E-state index is 8.56. The van der Waals surface area contributed by atoms with Crippen molar-refractivity contribution in [1.29, 1.82) is 0 Å². The van der Waals surface area contributed by atoms with Crippen LogP contribution >= 0.6 is 0 Å². The summed E-state index contributed by atoms with van der Waals surface area (Å²) in [5.74, 6) is 0. The van der Waals surface area contributed by atoms with Crippen molar-refractivity contribution in [3.8, 4) is 0 Å². The Morgan fingerprint density at radius 3 is 2.93 bits per heavy atom. The van der Waals surface area contributed by atoms with Crippen LogP contribution in [0.25, 0.3) is 0 Å². The lowest BCUT2D eigenvalue weighted by atomic mass is 10.2. The summed E-state index contributed by atoms with van der Waals surface area (Å²) in [4.78, 5) is 8.56. The molecule has 1 rings (SSSR count). The lowest BCUT2D eigenvalue weighted by Crippen LogP contribution is -2.30. The first-order chi connectivity index (χ1) is 7.35. The average molecular weight is 215 g/mol. The number of hydrogen-bond donors (Lipinski definition) is 2. The Bertz CT molecular complexity index is 174. The number of nitrogens with zero attached hydrogens (tertiary/aromatic N) is 1. The van der Waals surface area contributed by atoms with Crippen molar-refractivity contribution in [2.45, 2.75) is 18.9 Å². The quantitative estimate of drug-likeness (QED) is 0.401.